The fourth-order valence-corrected chi connectivity index (χ4v) is 4.04. The topological polar surface area (TPSA) is 97.0 Å². The van der Waals surface area contributed by atoms with Crippen molar-refractivity contribution in [1.82, 2.24) is 0 Å². The van der Waals surface area contributed by atoms with Gasteiger partial charge >= 0.3 is 0 Å². The number of rotatable bonds is 7. The van der Waals surface area contributed by atoms with Crippen LogP contribution in [0.4, 0.5) is 17.1 Å². The van der Waals surface area contributed by atoms with Crippen molar-refractivity contribution in [2.75, 3.05) is 29.8 Å². The number of imide groups is 1. The third-order valence-electron chi connectivity index (χ3n) is 5.24. The van der Waals surface area contributed by atoms with Crippen molar-refractivity contribution in [1.29, 1.82) is 0 Å². The molecule has 184 valence electrons. The summed E-state index contributed by atoms with van der Waals surface area (Å²) < 4.78 is 10.5. The molecule has 4 rings (SSSR count). The Bertz CT molecular complexity index is 1410. The maximum atomic E-state index is 13.1. The molecule has 3 aromatic rings. The molecule has 3 amide bonds. The lowest BCUT2D eigenvalue weighted by Gasteiger charge is -2.18. The summed E-state index contributed by atoms with van der Waals surface area (Å²) in [5.74, 6) is -1.07. The van der Waals surface area contributed by atoms with Gasteiger partial charge in [0.2, 0.25) is 0 Å². The van der Waals surface area contributed by atoms with Crippen LogP contribution in [0.1, 0.15) is 10.4 Å². The van der Waals surface area contributed by atoms with Crippen LogP contribution < -0.4 is 25.0 Å². The number of amides is 3. The van der Waals surface area contributed by atoms with Gasteiger partial charge in [-0.05, 0) is 60.7 Å². The minimum absolute atomic E-state index is 0.121. The van der Waals surface area contributed by atoms with E-state index in [1.807, 2.05) is 0 Å². The van der Waals surface area contributed by atoms with Crippen LogP contribution >= 0.6 is 34.8 Å². The van der Waals surface area contributed by atoms with E-state index < -0.39 is 17.7 Å². The molecule has 1 aliphatic heterocycles. The zero-order valence-corrected chi connectivity index (χ0v) is 21.2. The molecule has 3 aromatic carbocycles. The third-order valence-corrected chi connectivity index (χ3v) is 6.06. The van der Waals surface area contributed by atoms with Gasteiger partial charge in [0.25, 0.3) is 17.7 Å². The first-order valence-electron chi connectivity index (χ1n) is 10.4. The van der Waals surface area contributed by atoms with Crippen LogP contribution in [0, 0.1) is 0 Å². The van der Waals surface area contributed by atoms with Crippen molar-refractivity contribution in [2.45, 2.75) is 0 Å². The zero-order chi connectivity index (χ0) is 26.0. The fourth-order valence-electron chi connectivity index (χ4n) is 3.49. The number of benzene rings is 3. The van der Waals surface area contributed by atoms with Crippen LogP contribution in [0.5, 0.6) is 11.5 Å². The highest BCUT2D eigenvalue weighted by Gasteiger charge is 2.40. The molecule has 0 aliphatic carbocycles. The van der Waals surface area contributed by atoms with Crippen molar-refractivity contribution >= 4 is 69.6 Å². The summed E-state index contributed by atoms with van der Waals surface area (Å²) in [4.78, 5) is 39.5. The van der Waals surface area contributed by atoms with Crippen LogP contribution in [0.3, 0.4) is 0 Å². The Morgan fingerprint density at radius 2 is 1.42 bits per heavy atom. The second-order valence-corrected chi connectivity index (χ2v) is 8.70. The van der Waals surface area contributed by atoms with Gasteiger partial charge in [0.1, 0.15) is 22.2 Å². The molecule has 11 heteroatoms. The first-order valence-corrected chi connectivity index (χ1v) is 11.5. The number of ether oxygens (including phenoxy) is 2. The molecule has 0 radical (unpaired) electrons. The molecule has 0 aromatic heterocycles. The quantitative estimate of drug-likeness (QED) is 0.369. The maximum Gasteiger partial charge on any atom is 0.283 e. The number of carbonyl (C=O) groups is 3. The summed E-state index contributed by atoms with van der Waals surface area (Å²) in [6, 6.07) is 15.6. The molecule has 1 aliphatic rings. The predicted octanol–water partition coefficient (Wildman–Crippen LogP) is 5.70. The molecular weight excluding hydrogens is 529 g/mol. The summed E-state index contributed by atoms with van der Waals surface area (Å²) in [5, 5.41) is 6.06. The normalized spacial score (nSPS) is 13.2. The number of anilines is 3. The summed E-state index contributed by atoms with van der Waals surface area (Å²) in [6.45, 7) is 0. The van der Waals surface area contributed by atoms with Crippen LogP contribution in [-0.4, -0.2) is 31.9 Å². The SMILES string of the molecule is COc1ccc(Cl)cc1NC(=O)c1ccc(NC2=C(Cl)C(=O)N(c3cc(Cl)ccc3OC)C2=O)cc1. The summed E-state index contributed by atoms with van der Waals surface area (Å²) in [6.07, 6.45) is 0. The second kappa shape index (κ2) is 10.5. The molecule has 36 heavy (non-hydrogen) atoms. The van der Waals surface area contributed by atoms with Gasteiger partial charge in [-0.25, -0.2) is 4.90 Å². The van der Waals surface area contributed by atoms with E-state index in [-0.39, 0.29) is 22.2 Å². The van der Waals surface area contributed by atoms with E-state index in [0.29, 0.717) is 32.7 Å². The zero-order valence-electron chi connectivity index (χ0n) is 18.9. The molecule has 0 fully saturated rings. The molecule has 0 saturated heterocycles. The monoisotopic (exact) mass is 545 g/mol. The number of halogens is 3. The van der Waals surface area contributed by atoms with E-state index in [2.05, 4.69) is 10.6 Å². The van der Waals surface area contributed by atoms with Gasteiger partial charge in [0.15, 0.2) is 0 Å². The van der Waals surface area contributed by atoms with Crippen molar-refractivity contribution < 1.29 is 23.9 Å². The molecule has 0 atom stereocenters. The number of nitrogens with zero attached hydrogens (tertiary/aromatic N) is 1. The van der Waals surface area contributed by atoms with Crippen molar-refractivity contribution in [3.63, 3.8) is 0 Å². The minimum Gasteiger partial charge on any atom is -0.495 e. The first-order chi connectivity index (χ1) is 17.2. The molecule has 0 spiro atoms. The summed E-state index contributed by atoms with van der Waals surface area (Å²) >= 11 is 18.3. The Labute approximate surface area is 221 Å². The van der Waals surface area contributed by atoms with Crippen molar-refractivity contribution in [2.24, 2.45) is 0 Å². The third kappa shape index (κ3) is 4.97. The van der Waals surface area contributed by atoms with Gasteiger partial charge in [-0.2, -0.15) is 0 Å². The van der Waals surface area contributed by atoms with E-state index in [1.165, 1.54) is 20.3 Å². The van der Waals surface area contributed by atoms with E-state index >= 15 is 0 Å². The largest absolute Gasteiger partial charge is 0.495 e. The van der Waals surface area contributed by atoms with Crippen LogP contribution in [-0.2, 0) is 9.59 Å². The summed E-state index contributed by atoms with van der Waals surface area (Å²) in [5.41, 5.74) is 1.23. The Hall–Kier alpha value is -3.72. The first kappa shape index (κ1) is 25.4. The van der Waals surface area contributed by atoms with Crippen LogP contribution in [0.2, 0.25) is 10.0 Å². The van der Waals surface area contributed by atoms with E-state index in [0.717, 1.165) is 4.90 Å². The highest BCUT2D eigenvalue weighted by molar-refractivity contribution is 6.53. The van der Waals surface area contributed by atoms with E-state index in [4.69, 9.17) is 44.3 Å². The highest BCUT2D eigenvalue weighted by atomic mass is 35.5. The van der Waals surface area contributed by atoms with Gasteiger partial charge in [-0.15, -0.1) is 0 Å². The predicted molar refractivity (Wildman–Crippen MR) is 139 cm³/mol. The number of hydrogen-bond donors (Lipinski definition) is 2. The summed E-state index contributed by atoms with van der Waals surface area (Å²) in [7, 11) is 2.89. The van der Waals surface area contributed by atoms with Gasteiger partial charge < -0.3 is 20.1 Å². The molecule has 0 bridgehead atoms. The van der Waals surface area contributed by atoms with Gasteiger partial charge in [0, 0.05) is 21.3 Å². The van der Waals surface area contributed by atoms with E-state index in [1.54, 1.807) is 54.6 Å². The Kier molecular flexibility index (Phi) is 7.40. The van der Waals surface area contributed by atoms with Gasteiger partial charge in [0.05, 0.1) is 25.6 Å². The second-order valence-electron chi connectivity index (χ2n) is 7.45. The molecule has 8 nitrogen and oxygen atoms in total. The lowest BCUT2D eigenvalue weighted by Crippen LogP contribution is -2.32. The lowest BCUT2D eigenvalue weighted by atomic mass is 10.1. The molecular formula is C25H18Cl3N3O5. The number of methoxy groups -OCH3 is 2. The maximum absolute atomic E-state index is 13.1. The van der Waals surface area contributed by atoms with Gasteiger partial charge in [-0.3, -0.25) is 14.4 Å². The smallest absolute Gasteiger partial charge is 0.283 e. The Balaban J connectivity index is 1.52. The standard InChI is InChI=1S/C25H18Cl3N3O5/c1-35-19-9-5-14(26)11-17(19)30-23(32)13-3-7-16(8-4-13)29-22-21(28)24(33)31(25(22)34)18-12-15(27)6-10-20(18)36-2/h3-12,29H,1-2H3,(H,30,32). The van der Waals surface area contributed by atoms with Crippen LogP contribution in [0.25, 0.3) is 0 Å². The number of nitrogens with one attached hydrogen (secondary N) is 2. The molecule has 1 heterocycles. The van der Waals surface area contributed by atoms with Crippen molar-refractivity contribution in [3.05, 3.63) is 87.0 Å². The average Bonchev–Trinajstić information content (AvgIpc) is 3.07. The Morgan fingerprint density at radius 3 is 2.06 bits per heavy atom. The number of carbonyl (C=O) groups excluding carboxylic acids is 3. The number of hydrogen-bond acceptors (Lipinski definition) is 6. The average molecular weight is 547 g/mol. The molecule has 0 unspecified atom stereocenters. The Morgan fingerprint density at radius 1 is 0.806 bits per heavy atom. The van der Waals surface area contributed by atoms with E-state index in [9.17, 15) is 14.4 Å². The molecule has 2 N–H and O–H groups in total. The fraction of sp³-hybridized carbons (Fsp3) is 0.0800. The van der Waals surface area contributed by atoms with Crippen molar-refractivity contribution in [3.8, 4) is 11.5 Å². The lowest BCUT2D eigenvalue weighted by molar-refractivity contribution is -0.120. The minimum atomic E-state index is -0.726. The highest BCUT2D eigenvalue weighted by Crippen LogP contribution is 2.37. The molecule has 0 saturated carbocycles. The van der Waals surface area contributed by atoms with Gasteiger partial charge in [-0.1, -0.05) is 34.8 Å². The van der Waals surface area contributed by atoms with Crippen LogP contribution in [0.15, 0.2) is 71.4 Å².